The maximum Gasteiger partial charge on any atom is 0.261 e. The first-order chi connectivity index (χ1) is 12.1. The van der Waals surface area contributed by atoms with E-state index < -0.39 is 0 Å². The number of carbonyl (C=O) groups is 2. The summed E-state index contributed by atoms with van der Waals surface area (Å²) in [6.45, 7) is 2.24. The first kappa shape index (κ1) is 15.3. The zero-order valence-corrected chi connectivity index (χ0v) is 13.9. The van der Waals surface area contributed by atoms with Crippen LogP contribution in [0.25, 0.3) is 10.9 Å². The molecule has 0 saturated heterocycles. The number of imide groups is 1. The molecular formula is C20H16N2O3. The van der Waals surface area contributed by atoms with E-state index in [1.165, 1.54) is 4.90 Å². The number of aromatic nitrogens is 1. The summed E-state index contributed by atoms with van der Waals surface area (Å²) in [5, 5.41) is 0.567. The second-order valence-corrected chi connectivity index (χ2v) is 6.08. The third-order valence-electron chi connectivity index (χ3n) is 4.49. The molecule has 0 spiro atoms. The van der Waals surface area contributed by atoms with Gasteiger partial charge in [-0.25, -0.2) is 0 Å². The third kappa shape index (κ3) is 2.36. The Balaban J connectivity index is 1.83. The van der Waals surface area contributed by atoms with E-state index in [0.717, 1.165) is 11.1 Å². The first-order valence-corrected chi connectivity index (χ1v) is 7.97. The quantitative estimate of drug-likeness (QED) is 0.690. The summed E-state index contributed by atoms with van der Waals surface area (Å²) < 4.78 is 5.31. The van der Waals surface area contributed by atoms with Crippen LogP contribution in [0.15, 0.2) is 48.7 Å². The highest BCUT2D eigenvalue weighted by Gasteiger charge is 2.33. The Labute approximate surface area is 144 Å². The second-order valence-electron chi connectivity index (χ2n) is 6.08. The van der Waals surface area contributed by atoms with Crippen LogP contribution in [0.3, 0.4) is 0 Å². The Morgan fingerprint density at radius 3 is 2.32 bits per heavy atom. The van der Waals surface area contributed by atoms with Gasteiger partial charge in [0.2, 0.25) is 0 Å². The van der Waals surface area contributed by atoms with Crippen LogP contribution in [-0.4, -0.2) is 28.8 Å². The molecule has 0 fully saturated rings. The summed E-state index contributed by atoms with van der Waals surface area (Å²) in [4.78, 5) is 31.4. The molecule has 4 rings (SSSR count). The van der Waals surface area contributed by atoms with Crippen molar-refractivity contribution in [1.82, 2.24) is 9.88 Å². The standard InChI is InChI=1S/C20H16N2O3/c1-12-3-5-13(6-4-12)11-22-19(23)14-7-8-16(25-2)18-17(14)15(20(22)24)9-10-21-18/h3-10H,11H2,1-2H3. The van der Waals surface area contributed by atoms with Gasteiger partial charge in [0.1, 0.15) is 11.3 Å². The van der Waals surface area contributed by atoms with E-state index in [9.17, 15) is 9.59 Å². The van der Waals surface area contributed by atoms with Gasteiger partial charge in [-0.2, -0.15) is 0 Å². The van der Waals surface area contributed by atoms with E-state index in [-0.39, 0.29) is 18.4 Å². The van der Waals surface area contributed by atoms with E-state index in [1.54, 1.807) is 31.5 Å². The number of methoxy groups -OCH3 is 1. The molecule has 1 aliphatic heterocycles. The van der Waals surface area contributed by atoms with Gasteiger partial charge >= 0.3 is 0 Å². The smallest absolute Gasteiger partial charge is 0.261 e. The molecule has 1 aromatic heterocycles. The zero-order chi connectivity index (χ0) is 17.6. The Morgan fingerprint density at radius 1 is 0.960 bits per heavy atom. The molecule has 25 heavy (non-hydrogen) atoms. The second kappa shape index (κ2) is 5.70. The lowest BCUT2D eigenvalue weighted by Crippen LogP contribution is -2.39. The van der Waals surface area contributed by atoms with Crippen LogP contribution in [0.4, 0.5) is 0 Å². The number of aryl methyl sites for hydroxylation is 1. The minimum Gasteiger partial charge on any atom is -0.494 e. The molecule has 0 atom stereocenters. The van der Waals surface area contributed by atoms with Crippen molar-refractivity contribution >= 4 is 22.7 Å². The highest BCUT2D eigenvalue weighted by Crippen LogP contribution is 2.34. The molecule has 0 saturated carbocycles. The first-order valence-electron chi connectivity index (χ1n) is 7.97. The molecule has 0 aliphatic carbocycles. The van der Waals surface area contributed by atoms with Crippen molar-refractivity contribution in [2.75, 3.05) is 7.11 Å². The molecule has 2 amide bonds. The van der Waals surface area contributed by atoms with Gasteiger partial charge in [0.15, 0.2) is 0 Å². The average Bonchev–Trinajstić information content (AvgIpc) is 2.64. The van der Waals surface area contributed by atoms with E-state index in [1.807, 2.05) is 31.2 Å². The maximum absolute atomic E-state index is 12.9. The van der Waals surface area contributed by atoms with Crippen LogP contribution in [0.2, 0.25) is 0 Å². The normalized spacial score (nSPS) is 13.4. The maximum atomic E-state index is 12.9. The molecule has 124 valence electrons. The van der Waals surface area contributed by atoms with Crippen molar-refractivity contribution < 1.29 is 14.3 Å². The number of nitrogens with zero attached hydrogens (tertiary/aromatic N) is 2. The van der Waals surface area contributed by atoms with Gasteiger partial charge in [0.05, 0.1) is 24.8 Å². The molecule has 0 unspecified atom stereocenters. The fourth-order valence-corrected chi connectivity index (χ4v) is 3.17. The van der Waals surface area contributed by atoms with Crippen molar-refractivity contribution in [3.8, 4) is 5.75 Å². The van der Waals surface area contributed by atoms with Crippen molar-refractivity contribution in [2.45, 2.75) is 13.5 Å². The van der Waals surface area contributed by atoms with Gasteiger partial charge in [-0.15, -0.1) is 0 Å². The molecule has 0 bridgehead atoms. The topological polar surface area (TPSA) is 59.5 Å². The predicted octanol–water partition coefficient (Wildman–Crippen LogP) is 3.35. The number of benzene rings is 2. The van der Waals surface area contributed by atoms with Gasteiger partial charge in [0.25, 0.3) is 11.8 Å². The van der Waals surface area contributed by atoms with Crippen LogP contribution in [0.1, 0.15) is 31.8 Å². The molecule has 5 nitrogen and oxygen atoms in total. The summed E-state index contributed by atoms with van der Waals surface area (Å²) >= 11 is 0. The fraction of sp³-hybridized carbons (Fsp3) is 0.150. The molecule has 2 heterocycles. The van der Waals surface area contributed by atoms with Crippen LogP contribution >= 0.6 is 0 Å². The summed E-state index contributed by atoms with van der Waals surface area (Å²) in [7, 11) is 1.54. The van der Waals surface area contributed by atoms with Crippen molar-refractivity contribution in [3.63, 3.8) is 0 Å². The van der Waals surface area contributed by atoms with Gasteiger partial charge < -0.3 is 4.74 Å². The molecule has 0 radical (unpaired) electrons. The molecule has 3 aromatic rings. The molecule has 0 N–H and O–H groups in total. The predicted molar refractivity (Wildman–Crippen MR) is 93.7 cm³/mol. The lowest BCUT2D eigenvalue weighted by Gasteiger charge is -2.27. The lowest BCUT2D eigenvalue weighted by atomic mass is 9.96. The van der Waals surface area contributed by atoms with Crippen LogP contribution < -0.4 is 4.74 Å². The van der Waals surface area contributed by atoms with E-state index >= 15 is 0 Å². The van der Waals surface area contributed by atoms with Crippen LogP contribution in [0, 0.1) is 6.92 Å². The SMILES string of the molecule is COc1ccc2c3c(ccnc13)C(=O)N(Cc1ccc(C)cc1)C2=O. The highest BCUT2D eigenvalue weighted by atomic mass is 16.5. The number of hydrogen-bond acceptors (Lipinski definition) is 4. The Bertz CT molecular complexity index is 987. The minimum atomic E-state index is -0.307. The van der Waals surface area contributed by atoms with Gasteiger partial charge in [-0.3, -0.25) is 19.5 Å². The van der Waals surface area contributed by atoms with Crippen LogP contribution in [-0.2, 0) is 6.54 Å². The van der Waals surface area contributed by atoms with Gasteiger partial charge in [-0.1, -0.05) is 29.8 Å². The number of rotatable bonds is 3. The third-order valence-corrected chi connectivity index (χ3v) is 4.49. The van der Waals surface area contributed by atoms with Crippen molar-refractivity contribution in [1.29, 1.82) is 0 Å². The van der Waals surface area contributed by atoms with E-state index in [4.69, 9.17) is 4.74 Å². The molecule has 1 aliphatic rings. The zero-order valence-electron chi connectivity index (χ0n) is 13.9. The monoisotopic (exact) mass is 332 g/mol. The number of pyridine rings is 1. The molecule has 5 heteroatoms. The molecular weight excluding hydrogens is 316 g/mol. The van der Waals surface area contributed by atoms with E-state index in [2.05, 4.69) is 4.98 Å². The van der Waals surface area contributed by atoms with Gasteiger partial charge in [0, 0.05) is 11.6 Å². The summed E-state index contributed by atoms with van der Waals surface area (Å²) in [6, 6.07) is 12.9. The Morgan fingerprint density at radius 2 is 1.64 bits per heavy atom. The van der Waals surface area contributed by atoms with E-state index in [0.29, 0.717) is 27.8 Å². The Hall–Kier alpha value is -3.21. The van der Waals surface area contributed by atoms with Crippen LogP contribution in [0.5, 0.6) is 5.75 Å². The highest BCUT2D eigenvalue weighted by molar-refractivity contribution is 6.25. The lowest BCUT2D eigenvalue weighted by molar-refractivity contribution is 0.0598. The number of ether oxygens (including phenoxy) is 1. The number of hydrogen-bond donors (Lipinski definition) is 0. The Kier molecular flexibility index (Phi) is 3.50. The molecule has 2 aromatic carbocycles. The minimum absolute atomic E-state index is 0.243. The van der Waals surface area contributed by atoms with Gasteiger partial charge in [-0.05, 0) is 30.7 Å². The van der Waals surface area contributed by atoms with Crippen molar-refractivity contribution in [3.05, 3.63) is 70.9 Å². The summed E-state index contributed by atoms with van der Waals surface area (Å²) in [5.41, 5.74) is 3.54. The fourth-order valence-electron chi connectivity index (χ4n) is 3.17. The number of carbonyl (C=O) groups excluding carboxylic acids is 2. The summed E-state index contributed by atoms with van der Waals surface area (Å²) in [6.07, 6.45) is 1.57. The largest absolute Gasteiger partial charge is 0.494 e. The average molecular weight is 332 g/mol. The number of amides is 2. The summed E-state index contributed by atoms with van der Waals surface area (Å²) in [5.74, 6) is -0.0642. The van der Waals surface area contributed by atoms with Crippen molar-refractivity contribution in [2.24, 2.45) is 0 Å².